The molecule has 2 aliphatic rings. The van der Waals surface area contributed by atoms with Crippen LogP contribution in [0.3, 0.4) is 0 Å². The fraction of sp³-hybridized carbons (Fsp3) is 0.485. The van der Waals surface area contributed by atoms with Gasteiger partial charge in [0.25, 0.3) is 0 Å². The minimum atomic E-state index is -0.685. The Bertz CT molecular complexity index is 1390. The second kappa shape index (κ2) is 10.0. The molecule has 0 aliphatic heterocycles. The van der Waals surface area contributed by atoms with E-state index >= 15 is 0 Å². The predicted molar refractivity (Wildman–Crippen MR) is 154 cm³/mol. The van der Waals surface area contributed by atoms with Gasteiger partial charge in [-0.05, 0) is 117 Å². The van der Waals surface area contributed by atoms with E-state index in [9.17, 15) is 9.59 Å². The number of Topliss-reactive ketones (excluding diaryl/α,β-unsaturated/α-hetero) is 2. The molecule has 0 spiro atoms. The maximum atomic E-state index is 13.5. The van der Waals surface area contributed by atoms with Crippen molar-refractivity contribution in [3.8, 4) is 0 Å². The molecule has 0 unspecified atom stereocenters. The van der Waals surface area contributed by atoms with Crippen LogP contribution in [0.4, 0.5) is 0 Å². The number of hydrogen-bond acceptors (Lipinski definition) is 4. The van der Waals surface area contributed by atoms with Crippen molar-refractivity contribution in [1.82, 2.24) is 10.3 Å². The molecule has 0 bridgehead atoms. The molecule has 0 saturated carbocycles. The number of rotatable bonds is 8. The Morgan fingerprint density at radius 3 is 2.46 bits per heavy atom. The topological polar surface area (TPSA) is 59.1 Å². The van der Waals surface area contributed by atoms with E-state index in [0.717, 1.165) is 52.9 Å². The van der Waals surface area contributed by atoms with E-state index in [1.54, 1.807) is 6.92 Å². The average molecular weight is 499 g/mol. The van der Waals surface area contributed by atoms with Crippen LogP contribution in [0.2, 0.25) is 0 Å². The van der Waals surface area contributed by atoms with Gasteiger partial charge in [-0.1, -0.05) is 33.4 Å². The minimum absolute atomic E-state index is 0.0972. The third-order valence-corrected chi connectivity index (χ3v) is 8.94. The molecule has 1 heterocycles. The van der Waals surface area contributed by atoms with E-state index in [-0.39, 0.29) is 17.6 Å². The molecule has 4 heteroatoms. The molecule has 2 atom stereocenters. The quantitative estimate of drug-likeness (QED) is 0.407. The number of hydrogen-bond donors (Lipinski definition) is 1. The third-order valence-electron chi connectivity index (χ3n) is 8.94. The van der Waals surface area contributed by atoms with Gasteiger partial charge in [-0.3, -0.25) is 9.59 Å². The molecule has 1 aromatic heterocycles. The first-order valence-electron chi connectivity index (χ1n) is 13.8. The maximum Gasteiger partial charge on any atom is 0.163 e. The van der Waals surface area contributed by atoms with Crippen molar-refractivity contribution in [2.45, 2.75) is 100.0 Å². The average Bonchev–Trinajstić information content (AvgIpc) is 2.86. The third kappa shape index (κ3) is 4.39. The van der Waals surface area contributed by atoms with Crippen LogP contribution >= 0.6 is 0 Å². The van der Waals surface area contributed by atoms with Crippen molar-refractivity contribution in [3.63, 3.8) is 0 Å². The Hall–Kier alpha value is -3.01. The molecule has 4 rings (SSSR count). The lowest BCUT2D eigenvalue weighted by atomic mass is 9.70. The predicted octanol–water partition coefficient (Wildman–Crippen LogP) is 7.59. The molecule has 4 nitrogen and oxygen atoms in total. The first kappa shape index (κ1) is 27.0. The molecule has 0 fully saturated rings. The first-order chi connectivity index (χ1) is 17.5. The van der Waals surface area contributed by atoms with Crippen LogP contribution in [0.15, 0.2) is 35.6 Å². The molecule has 2 aromatic rings. The zero-order valence-corrected chi connectivity index (χ0v) is 23.9. The van der Waals surface area contributed by atoms with E-state index in [2.05, 4.69) is 44.8 Å². The summed E-state index contributed by atoms with van der Waals surface area (Å²) in [6.45, 7) is 20.4. The van der Waals surface area contributed by atoms with Crippen molar-refractivity contribution in [3.05, 3.63) is 69.1 Å². The molecule has 0 amide bonds. The van der Waals surface area contributed by atoms with Crippen molar-refractivity contribution >= 4 is 28.0 Å². The number of aromatic nitrogens is 1. The van der Waals surface area contributed by atoms with E-state index in [4.69, 9.17) is 4.98 Å². The van der Waals surface area contributed by atoms with Gasteiger partial charge in [0.15, 0.2) is 5.78 Å². The van der Waals surface area contributed by atoms with Crippen LogP contribution in [0, 0.1) is 19.3 Å². The second-order valence-corrected chi connectivity index (χ2v) is 11.2. The fourth-order valence-corrected chi connectivity index (χ4v) is 6.42. The molecule has 196 valence electrons. The largest absolute Gasteiger partial charge is 0.382 e. The van der Waals surface area contributed by atoms with Gasteiger partial charge in [-0.2, -0.15) is 0 Å². The summed E-state index contributed by atoms with van der Waals surface area (Å²) in [7, 11) is 0. The van der Waals surface area contributed by atoms with Crippen LogP contribution in [0.25, 0.3) is 16.5 Å². The number of nitrogens with one attached hydrogen (secondary N) is 1. The number of allylic oxidation sites excluding steroid dienone is 5. The number of nitrogens with zero attached hydrogens (tertiary/aromatic N) is 1. The molecular weight excluding hydrogens is 456 g/mol. The molecule has 1 aromatic carbocycles. The Kier molecular flexibility index (Phi) is 7.34. The molecular formula is C33H42N2O2. The highest BCUT2D eigenvalue weighted by atomic mass is 16.1. The lowest BCUT2D eigenvalue weighted by Crippen LogP contribution is -2.30. The van der Waals surface area contributed by atoms with Crippen LogP contribution in [0.1, 0.15) is 107 Å². The maximum absolute atomic E-state index is 13.5. The summed E-state index contributed by atoms with van der Waals surface area (Å²) in [6.07, 6.45) is 6.57. The smallest absolute Gasteiger partial charge is 0.163 e. The fourth-order valence-electron chi connectivity index (χ4n) is 6.42. The van der Waals surface area contributed by atoms with Gasteiger partial charge in [0, 0.05) is 17.5 Å². The van der Waals surface area contributed by atoms with Crippen LogP contribution in [-0.4, -0.2) is 16.6 Å². The number of aryl methyl sites for hydroxylation is 2. The van der Waals surface area contributed by atoms with Gasteiger partial charge >= 0.3 is 0 Å². The van der Waals surface area contributed by atoms with Crippen molar-refractivity contribution < 1.29 is 9.59 Å². The highest BCUT2D eigenvalue weighted by Gasteiger charge is 2.38. The summed E-state index contributed by atoms with van der Waals surface area (Å²) in [5, 5.41) is 4.91. The van der Waals surface area contributed by atoms with E-state index < -0.39 is 5.41 Å². The molecule has 0 saturated heterocycles. The van der Waals surface area contributed by atoms with Gasteiger partial charge < -0.3 is 5.32 Å². The number of carbonyl (C=O) groups excluding carboxylic acids is 2. The summed E-state index contributed by atoms with van der Waals surface area (Å²) in [4.78, 5) is 31.7. The zero-order chi connectivity index (χ0) is 27.2. The molecule has 1 N–H and O–H groups in total. The summed E-state index contributed by atoms with van der Waals surface area (Å²) in [5.74, 6) is 0.214. The molecule has 37 heavy (non-hydrogen) atoms. The van der Waals surface area contributed by atoms with Crippen molar-refractivity contribution in [2.24, 2.45) is 5.41 Å². The number of pyridine rings is 1. The summed E-state index contributed by atoms with van der Waals surface area (Å²) in [5.41, 5.74) is 11.3. The lowest BCUT2D eigenvalue weighted by molar-refractivity contribution is -0.123. The zero-order valence-electron chi connectivity index (χ0n) is 23.9. The van der Waals surface area contributed by atoms with Crippen LogP contribution in [0.5, 0.6) is 0 Å². The van der Waals surface area contributed by atoms with E-state index in [1.807, 2.05) is 27.7 Å². The van der Waals surface area contributed by atoms with Gasteiger partial charge in [0.1, 0.15) is 5.78 Å². The van der Waals surface area contributed by atoms with Gasteiger partial charge in [-0.15, -0.1) is 0 Å². The monoisotopic (exact) mass is 498 g/mol. The standard InChI is InChI=1S/C33H42N2O2/c1-10-23-26(33(9,12-3)21(8)36)16-22(17-29(23)37)32-24(11-2)30-27(34-18(4)5)14-13-25-20(7)19(6)15-28(35-32)31(25)30/h15-16,27,34H,4,10-14,17H2,1-3,5-9H3/t27-,33-/m0/s1. The van der Waals surface area contributed by atoms with Gasteiger partial charge in [0.2, 0.25) is 0 Å². The molecule has 0 radical (unpaired) electrons. The number of carbonyl (C=O) groups is 2. The second-order valence-electron chi connectivity index (χ2n) is 11.2. The minimum Gasteiger partial charge on any atom is -0.382 e. The normalized spacial score (nSPS) is 19.1. The summed E-state index contributed by atoms with van der Waals surface area (Å²) >= 11 is 0. The first-order valence-corrected chi connectivity index (χ1v) is 13.8. The van der Waals surface area contributed by atoms with Crippen molar-refractivity contribution in [2.75, 3.05) is 0 Å². The molecule has 2 aliphatic carbocycles. The van der Waals surface area contributed by atoms with Crippen LogP contribution in [-0.2, 0) is 22.4 Å². The Balaban J connectivity index is 2.08. The summed E-state index contributed by atoms with van der Waals surface area (Å²) < 4.78 is 0. The number of ketones is 2. The van der Waals surface area contributed by atoms with Gasteiger partial charge in [-0.25, -0.2) is 4.98 Å². The lowest BCUT2D eigenvalue weighted by Gasteiger charge is -2.34. The Morgan fingerprint density at radius 2 is 1.89 bits per heavy atom. The highest BCUT2D eigenvalue weighted by molar-refractivity contribution is 6.07. The number of benzene rings is 1. The Morgan fingerprint density at radius 1 is 1.19 bits per heavy atom. The van der Waals surface area contributed by atoms with E-state index in [1.165, 1.54) is 33.2 Å². The highest BCUT2D eigenvalue weighted by Crippen LogP contribution is 2.45. The SMILES string of the molecule is C=C(C)N[C@H]1CCc2c(C)c(C)cc3nc(C4=CC([C@@](C)(CC)C(C)=O)=C(CC)C(=O)C4)c(CC)c1c23. The van der Waals surface area contributed by atoms with Crippen LogP contribution < -0.4 is 5.32 Å². The summed E-state index contributed by atoms with van der Waals surface area (Å²) in [6, 6.07) is 2.36. The van der Waals surface area contributed by atoms with E-state index in [0.29, 0.717) is 19.3 Å². The van der Waals surface area contributed by atoms with Gasteiger partial charge in [0.05, 0.1) is 22.7 Å². The Labute approximate surface area is 222 Å². The van der Waals surface area contributed by atoms with Crippen molar-refractivity contribution in [1.29, 1.82) is 0 Å².